The predicted molar refractivity (Wildman–Crippen MR) is 208 cm³/mol. The molecule has 0 unspecified atom stereocenters. The molecule has 0 radical (unpaired) electrons. The van der Waals surface area contributed by atoms with Crippen LogP contribution in [0.3, 0.4) is 0 Å². The van der Waals surface area contributed by atoms with Gasteiger partial charge in [-0.15, -0.1) is 10.2 Å². The van der Waals surface area contributed by atoms with Crippen molar-refractivity contribution in [1.29, 1.82) is 5.26 Å². The van der Waals surface area contributed by atoms with Gasteiger partial charge in [-0.2, -0.15) is 5.26 Å². The van der Waals surface area contributed by atoms with Gasteiger partial charge in [-0.3, -0.25) is 24.6 Å². The molecule has 282 valence electrons. The summed E-state index contributed by atoms with van der Waals surface area (Å²) in [6.45, 7) is 11.2. The Morgan fingerprint density at radius 1 is 0.981 bits per heavy atom. The average Bonchev–Trinajstić information content (AvgIpc) is 3.49. The molecule has 2 aromatic carbocycles. The van der Waals surface area contributed by atoms with Gasteiger partial charge in [0.25, 0.3) is 5.91 Å². The molecule has 6 heterocycles. The van der Waals surface area contributed by atoms with Gasteiger partial charge in [-0.25, -0.2) is 0 Å². The third-order valence-corrected chi connectivity index (χ3v) is 12.4. The molecule has 5 saturated heterocycles. The van der Waals surface area contributed by atoms with Gasteiger partial charge in [0.15, 0.2) is 11.5 Å². The number of amides is 3. The first kappa shape index (κ1) is 36.1. The fraction of sp³-hybridized carbons (Fsp3) is 0.500. The Balaban J connectivity index is 0.764. The summed E-state index contributed by atoms with van der Waals surface area (Å²) in [6, 6.07) is 19.8. The Hall–Kier alpha value is -4.93. The number of imide groups is 1. The van der Waals surface area contributed by atoms with E-state index in [9.17, 15) is 19.6 Å². The lowest BCUT2D eigenvalue weighted by Gasteiger charge is -2.43. The van der Waals surface area contributed by atoms with Crippen LogP contribution in [0.1, 0.15) is 55.1 Å². The van der Waals surface area contributed by atoms with Gasteiger partial charge in [0.05, 0.1) is 10.6 Å². The molecule has 13 nitrogen and oxygen atoms in total. The number of nitriles is 1. The Labute approximate surface area is 321 Å². The summed E-state index contributed by atoms with van der Waals surface area (Å²) in [5, 5.41) is 24.3. The minimum Gasteiger partial charge on any atom is -0.374 e. The lowest BCUT2D eigenvalue weighted by molar-refractivity contribution is -0.133. The molecule has 5 aliphatic rings. The number of nitrogens with one attached hydrogen (secondary N) is 2. The molecule has 54 heavy (non-hydrogen) atoms. The smallest absolute Gasteiger partial charge is 0.274 e. The topological polar surface area (TPSA) is 141 Å². The normalized spacial score (nSPS) is 23.3. The fourth-order valence-corrected chi connectivity index (χ4v) is 9.23. The number of hydrogen-bond acceptors (Lipinski definition) is 11. The highest BCUT2D eigenvalue weighted by molar-refractivity contribution is 6.32. The first-order chi connectivity index (χ1) is 26.1. The zero-order valence-corrected chi connectivity index (χ0v) is 31.5. The summed E-state index contributed by atoms with van der Waals surface area (Å²) in [6.07, 6.45) is 4.08. The van der Waals surface area contributed by atoms with E-state index < -0.39 is 6.04 Å². The number of hydrogen-bond donors (Lipinski definition) is 2. The molecule has 8 rings (SSSR count). The highest BCUT2D eigenvalue weighted by Crippen LogP contribution is 2.45. The van der Waals surface area contributed by atoms with Crippen molar-refractivity contribution < 1.29 is 14.4 Å². The molecular formula is C40H47ClN10O3. The van der Waals surface area contributed by atoms with Gasteiger partial charge >= 0.3 is 0 Å². The Bertz CT molecular complexity index is 1930. The maximum Gasteiger partial charge on any atom is 0.274 e. The number of rotatable bonds is 8. The van der Waals surface area contributed by atoms with E-state index in [1.807, 2.05) is 47.4 Å². The zero-order valence-electron chi connectivity index (χ0n) is 30.7. The Morgan fingerprint density at radius 2 is 1.78 bits per heavy atom. The number of carbonyl (C=O) groups excluding carboxylic acids is 3. The minimum absolute atomic E-state index is 0.0542. The Morgan fingerprint density at radius 3 is 2.48 bits per heavy atom. The number of likely N-dealkylation sites (tertiary alicyclic amines) is 1. The molecule has 5 fully saturated rings. The molecule has 0 aliphatic carbocycles. The lowest BCUT2D eigenvalue weighted by atomic mass is 9.77. The van der Waals surface area contributed by atoms with E-state index in [1.54, 1.807) is 0 Å². The number of aromatic nitrogens is 2. The van der Waals surface area contributed by atoms with Crippen LogP contribution in [0.2, 0.25) is 5.02 Å². The molecular weight excluding hydrogens is 704 g/mol. The summed E-state index contributed by atoms with van der Waals surface area (Å²) in [4.78, 5) is 48.4. The highest BCUT2D eigenvalue weighted by atomic mass is 35.5. The molecule has 1 spiro atoms. The summed E-state index contributed by atoms with van der Waals surface area (Å²) in [7, 11) is 0. The molecule has 3 aromatic rings. The van der Waals surface area contributed by atoms with Crippen molar-refractivity contribution in [3.05, 3.63) is 70.9 Å². The first-order valence-corrected chi connectivity index (χ1v) is 19.5. The molecule has 5 aliphatic heterocycles. The number of piperazine rings is 1. The highest BCUT2D eigenvalue weighted by Gasteiger charge is 2.44. The van der Waals surface area contributed by atoms with Crippen molar-refractivity contribution in [3.63, 3.8) is 0 Å². The third kappa shape index (κ3) is 7.54. The van der Waals surface area contributed by atoms with Crippen LogP contribution in [0.25, 0.3) is 0 Å². The van der Waals surface area contributed by atoms with Gasteiger partial charge in [0.1, 0.15) is 12.1 Å². The van der Waals surface area contributed by atoms with Crippen LogP contribution >= 0.6 is 11.6 Å². The number of nitrogens with zero attached hydrogens (tertiary/aromatic N) is 8. The lowest BCUT2D eigenvalue weighted by Crippen LogP contribution is -2.56. The molecule has 0 bridgehead atoms. The molecule has 1 aromatic heterocycles. The first-order valence-electron chi connectivity index (χ1n) is 19.2. The van der Waals surface area contributed by atoms with Gasteiger partial charge in [0.2, 0.25) is 11.8 Å². The largest absolute Gasteiger partial charge is 0.374 e. The molecule has 0 saturated carbocycles. The van der Waals surface area contributed by atoms with E-state index in [-0.39, 0.29) is 23.1 Å². The molecule has 2 N–H and O–H groups in total. The average molecular weight is 751 g/mol. The predicted octanol–water partition coefficient (Wildman–Crippen LogP) is 4.00. The molecule has 2 atom stereocenters. The van der Waals surface area contributed by atoms with Gasteiger partial charge in [-0.05, 0) is 86.6 Å². The second-order valence-corrected chi connectivity index (χ2v) is 16.2. The van der Waals surface area contributed by atoms with Crippen molar-refractivity contribution in [1.82, 2.24) is 25.3 Å². The van der Waals surface area contributed by atoms with Crippen LogP contribution in [0, 0.1) is 22.7 Å². The summed E-state index contributed by atoms with van der Waals surface area (Å²) in [5.74, 6) is 0.727. The molecule has 14 heteroatoms. The maximum atomic E-state index is 13.3. The van der Waals surface area contributed by atoms with E-state index in [4.69, 9.17) is 11.6 Å². The van der Waals surface area contributed by atoms with Gasteiger partial charge < -0.3 is 24.9 Å². The van der Waals surface area contributed by atoms with Crippen LogP contribution < -0.4 is 25.3 Å². The summed E-state index contributed by atoms with van der Waals surface area (Å²) < 4.78 is 0. The second kappa shape index (κ2) is 15.1. The summed E-state index contributed by atoms with van der Waals surface area (Å²) in [5.41, 5.74) is 4.20. The number of carbonyl (C=O) groups is 3. The van der Waals surface area contributed by atoms with Crippen molar-refractivity contribution in [3.8, 4) is 6.07 Å². The number of anilines is 4. The zero-order chi connectivity index (χ0) is 37.4. The van der Waals surface area contributed by atoms with E-state index >= 15 is 0 Å². The van der Waals surface area contributed by atoms with Crippen LogP contribution in [0.4, 0.5) is 22.9 Å². The van der Waals surface area contributed by atoms with Crippen LogP contribution in [-0.4, -0.2) is 115 Å². The third-order valence-electron chi connectivity index (χ3n) is 12.1. The minimum atomic E-state index is -0.401. The van der Waals surface area contributed by atoms with Crippen molar-refractivity contribution in [2.75, 3.05) is 85.5 Å². The van der Waals surface area contributed by atoms with E-state index in [1.165, 1.54) is 0 Å². The number of benzene rings is 2. The maximum absolute atomic E-state index is 13.3. The van der Waals surface area contributed by atoms with Crippen LogP contribution in [-0.2, 0) is 9.59 Å². The van der Waals surface area contributed by atoms with E-state index in [0.29, 0.717) is 41.1 Å². The number of piperidine rings is 2. The quantitative estimate of drug-likeness (QED) is 0.323. The van der Waals surface area contributed by atoms with E-state index in [2.05, 4.69) is 65.6 Å². The van der Waals surface area contributed by atoms with Gasteiger partial charge in [0, 0.05) is 101 Å². The van der Waals surface area contributed by atoms with Crippen molar-refractivity contribution in [2.45, 2.75) is 51.1 Å². The standard InChI is InChI=1S/C40H47ClN10O3/c1-27-21-40(26-51(27)32-6-5-29(22-42)33(41)20-32)11-13-49(14-12-40)36-9-7-35(45-46-36)39(54)50-24-28(25-50)23-47-15-17-48(18-16-47)31-4-2-3-30(19-31)43-34-8-10-37(52)44-38(34)53/h2-7,9,19-20,27-28,34,43H,8,10-18,21,23-26H2,1H3,(H,44,52,53)/t27-,34+/m1/s1. The SMILES string of the molecule is C[C@@H]1CC2(CCN(c3ccc(C(=O)N4CC(CN5CCN(c6cccc(N[C@H]7CCC(=O)NC7=O)c6)CC5)C4)nn3)CC2)CN1c1ccc(C#N)c(Cl)c1. The van der Waals surface area contributed by atoms with Crippen LogP contribution in [0.15, 0.2) is 54.6 Å². The van der Waals surface area contributed by atoms with Crippen molar-refractivity contribution in [2.24, 2.45) is 11.3 Å². The fourth-order valence-electron chi connectivity index (χ4n) is 9.01. The van der Waals surface area contributed by atoms with Gasteiger partial charge in [-0.1, -0.05) is 17.7 Å². The Kier molecular flexibility index (Phi) is 10.1. The van der Waals surface area contributed by atoms with Crippen LogP contribution in [0.5, 0.6) is 0 Å². The second-order valence-electron chi connectivity index (χ2n) is 15.8. The van der Waals surface area contributed by atoms with E-state index in [0.717, 1.165) is 108 Å². The monoisotopic (exact) mass is 750 g/mol. The molecule has 3 amide bonds. The number of halogens is 1. The summed E-state index contributed by atoms with van der Waals surface area (Å²) >= 11 is 6.36. The van der Waals surface area contributed by atoms with Crippen molar-refractivity contribution >= 4 is 52.2 Å².